The highest BCUT2D eigenvalue weighted by molar-refractivity contribution is 5.73. The number of hydrogen-bond donors (Lipinski definition) is 0. The first-order valence-electron chi connectivity index (χ1n) is 6.48. The normalized spacial score (nSPS) is 11.3. The fraction of sp³-hybridized carbons (Fsp3) is 0.118. The van der Waals surface area contributed by atoms with Gasteiger partial charge in [0.2, 0.25) is 0 Å². The predicted molar refractivity (Wildman–Crippen MR) is 76.2 cm³/mol. The zero-order chi connectivity index (χ0) is 15.7. The monoisotopic (exact) mass is 301 g/mol. The van der Waals surface area contributed by atoms with E-state index < -0.39 is 11.7 Å². The maximum Gasteiger partial charge on any atom is 0.416 e. The molecule has 0 bridgehead atoms. The number of fused-ring (bicyclic) bond motifs is 1. The first-order chi connectivity index (χ1) is 10.4. The van der Waals surface area contributed by atoms with Gasteiger partial charge in [0.05, 0.1) is 5.56 Å². The van der Waals surface area contributed by atoms with Crippen LogP contribution in [0.5, 0.6) is 0 Å². The summed E-state index contributed by atoms with van der Waals surface area (Å²) in [5.41, 5.74) is 2.16. The fourth-order valence-electron chi connectivity index (χ4n) is 1.96. The SMILES string of the molecule is Cc1ccc2oc(C#Cc3ccc(C(F)(F)F)cc3)nc2c1. The molecular weight excluding hydrogens is 291 g/mol. The van der Waals surface area contributed by atoms with Crippen molar-refractivity contribution in [2.24, 2.45) is 0 Å². The number of nitrogens with zero attached hydrogens (tertiary/aromatic N) is 1. The van der Waals surface area contributed by atoms with Crippen molar-refractivity contribution in [3.8, 4) is 11.8 Å². The first-order valence-corrected chi connectivity index (χ1v) is 6.48. The number of rotatable bonds is 0. The van der Waals surface area contributed by atoms with Gasteiger partial charge in [0, 0.05) is 5.56 Å². The van der Waals surface area contributed by atoms with E-state index in [0.29, 0.717) is 16.7 Å². The summed E-state index contributed by atoms with van der Waals surface area (Å²) in [7, 11) is 0. The molecule has 2 aromatic carbocycles. The maximum absolute atomic E-state index is 12.5. The maximum atomic E-state index is 12.5. The van der Waals surface area contributed by atoms with E-state index in [1.54, 1.807) is 6.07 Å². The molecule has 3 aromatic rings. The Bertz CT molecular complexity index is 880. The number of alkyl halides is 3. The van der Waals surface area contributed by atoms with Crippen molar-refractivity contribution in [1.82, 2.24) is 4.98 Å². The van der Waals surface area contributed by atoms with Gasteiger partial charge in [0.25, 0.3) is 5.89 Å². The number of aromatic nitrogens is 1. The zero-order valence-corrected chi connectivity index (χ0v) is 11.5. The van der Waals surface area contributed by atoms with Crippen LogP contribution < -0.4 is 0 Å². The predicted octanol–water partition coefficient (Wildman–Crippen LogP) is 4.55. The van der Waals surface area contributed by atoms with Crippen LogP contribution in [0.2, 0.25) is 0 Å². The molecule has 1 aromatic heterocycles. The van der Waals surface area contributed by atoms with Crippen molar-refractivity contribution in [2.75, 3.05) is 0 Å². The van der Waals surface area contributed by atoms with Crippen molar-refractivity contribution in [3.05, 3.63) is 65.0 Å². The summed E-state index contributed by atoms with van der Waals surface area (Å²) in [4.78, 5) is 4.23. The van der Waals surface area contributed by atoms with Crippen molar-refractivity contribution in [1.29, 1.82) is 0 Å². The Morgan fingerprint density at radius 3 is 2.41 bits per heavy atom. The summed E-state index contributed by atoms with van der Waals surface area (Å²) >= 11 is 0. The van der Waals surface area contributed by atoms with Crippen molar-refractivity contribution in [2.45, 2.75) is 13.1 Å². The molecule has 2 nitrogen and oxygen atoms in total. The van der Waals surface area contributed by atoms with E-state index in [1.807, 2.05) is 19.1 Å². The minimum absolute atomic E-state index is 0.237. The van der Waals surface area contributed by atoms with Crippen molar-refractivity contribution >= 4 is 11.1 Å². The number of halogens is 3. The molecule has 0 aliphatic rings. The molecule has 5 heteroatoms. The van der Waals surface area contributed by atoms with Gasteiger partial charge in [-0.05, 0) is 54.8 Å². The molecule has 110 valence electrons. The third kappa shape index (κ3) is 2.96. The minimum atomic E-state index is -4.34. The van der Waals surface area contributed by atoms with E-state index in [-0.39, 0.29) is 5.89 Å². The van der Waals surface area contributed by atoms with Crippen LogP contribution in [-0.2, 0) is 6.18 Å². The third-order valence-corrected chi connectivity index (χ3v) is 3.07. The minimum Gasteiger partial charge on any atom is -0.430 e. The van der Waals surface area contributed by atoms with Crippen LogP contribution in [0.1, 0.15) is 22.6 Å². The van der Waals surface area contributed by atoms with Gasteiger partial charge in [-0.2, -0.15) is 13.2 Å². The molecule has 0 aliphatic heterocycles. The van der Waals surface area contributed by atoms with Gasteiger partial charge < -0.3 is 4.42 Å². The smallest absolute Gasteiger partial charge is 0.416 e. The first kappa shape index (κ1) is 14.2. The Morgan fingerprint density at radius 1 is 1.00 bits per heavy atom. The number of benzene rings is 2. The molecule has 22 heavy (non-hydrogen) atoms. The largest absolute Gasteiger partial charge is 0.430 e. The molecular formula is C17H10F3NO. The summed E-state index contributed by atoms with van der Waals surface area (Å²) in [6.07, 6.45) is -4.34. The van der Waals surface area contributed by atoms with Crippen LogP contribution in [0.4, 0.5) is 13.2 Å². The molecule has 0 spiro atoms. The molecule has 0 radical (unpaired) electrons. The molecule has 3 rings (SSSR count). The topological polar surface area (TPSA) is 26.0 Å². The lowest BCUT2D eigenvalue weighted by atomic mass is 10.1. The second kappa shape index (κ2) is 5.23. The van der Waals surface area contributed by atoms with Gasteiger partial charge in [-0.25, -0.2) is 4.98 Å². The second-order valence-electron chi connectivity index (χ2n) is 4.82. The zero-order valence-electron chi connectivity index (χ0n) is 11.5. The van der Waals surface area contributed by atoms with Gasteiger partial charge in [-0.3, -0.25) is 0 Å². The van der Waals surface area contributed by atoms with Crippen molar-refractivity contribution in [3.63, 3.8) is 0 Å². The molecule has 0 aliphatic carbocycles. The molecule has 0 atom stereocenters. The average molecular weight is 301 g/mol. The van der Waals surface area contributed by atoms with Gasteiger partial charge in [-0.15, -0.1) is 0 Å². The highest BCUT2D eigenvalue weighted by Crippen LogP contribution is 2.28. The Hall–Kier alpha value is -2.74. The second-order valence-corrected chi connectivity index (χ2v) is 4.82. The van der Waals surface area contributed by atoms with Gasteiger partial charge >= 0.3 is 6.18 Å². The molecule has 0 amide bonds. The molecule has 0 unspecified atom stereocenters. The fourth-order valence-corrected chi connectivity index (χ4v) is 1.96. The van der Waals surface area contributed by atoms with E-state index in [0.717, 1.165) is 17.7 Å². The van der Waals surface area contributed by atoms with Crippen LogP contribution >= 0.6 is 0 Å². The summed E-state index contributed by atoms with van der Waals surface area (Å²) in [5.74, 6) is 5.70. The van der Waals surface area contributed by atoms with Gasteiger partial charge in [-0.1, -0.05) is 12.0 Å². The van der Waals surface area contributed by atoms with Crippen LogP contribution in [0, 0.1) is 18.8 Å². The summed E-state index contributed by atoms with van der Waals surface area (Å²) in [6.45, 7) is 1.95. The van der Waals surface area contributed by atoms with E-state index in [2.05, 4.69) is 16.8 Å². The summed E-state index contributed by atoms with van der Waals surface area (Å²) < 4.78 is 42.8. The lowest BCUT2D eigenvalue weighted by Gasteiger charge is -2.05. The van der Waals surface area contributed by atoms with Crippen molar-refractivity contribution < 1.29 is 17.6 Å². The molecule has 0 saturated carbocycles. The number of aryl methyl sites for hydroxylation is 1. The Balaban J connectivity index is 1.87. The Kier molecular flexibility index (Phi) is 3.38. The number of hydrogen-bond acceptors (Lipinski definition) is 2. The van der Waals surface area contributed by atoms with E-state index in [4.69, 9.17) is 4.42 Å². The lowest BCUT2D eigenvalue weighted by molar-refractivity contribution is -0.137. The van der Waals surface area contributed by atoms with E-state index >= 15 is 0 Å². The quantitative estimate of drug-likeness (QED) is 0.569. The van der Waals surface area contributed by atoms with Crippen LogP contribution in [0.3, 0.4) is 0 Å². The standard InChI is InChI=1S/C17H10F3NO/c1-11-2-8-15-14(10-11)21-16(22-15)9-5-12-3-6-13(7-4-12)17(18,19)20/h2-4,6-8,10H,1H3. The summed E-state index contributed by atoms with van der Waals surface area (Å²) in [5, 5.41) is 0. The van der Waals surface area contributed by atoms with E-state index in [9.17, 15) is 13.2 Å². The van der Waals surface area contributed by atoms with E-state index in [1.165, 1.54) is 12.1 Å². The van der Waals surface area contributed by atoms with Gasteiger partial charge in [0.15, 0.2) is 5.58 Å². The molecule has 0 fully saturated rings. The molecule has 1 heterocycles. The lowest BCUT2D eigenvalue weighted by Crippen LogP contribution is -2.04. The third-order valence-electron chi connectivity index (χ3n) is 3.07. The Labute approximate surface area is 124 Å². The van der Waals surface area contributed by atoms with Crippen LogP contribution in [0.25, 0.3) is 11.1 Å². The molecule has 0 saturated heterocycles. The number of oxazole rings is 1. The average Bonchev–Trinajstić information content (AvgIpc) is 2.86. The van der Waals surface area contributed by atoms with Gasteiger partial charge in [0.1, 0.15) is 5.52 Å². The van der Waals surface area contributed by atoms with Crippen LogP contribution in [-0.4, -0.2) is 4.98 Å². The highest BCUT2D eigenvalue weighted by atomic mass is 19.4. The Morgan fingerprint density at radius 2 is 1.73 bits per heavy atom. The van der Waals surface area contributed by atoms with Crippen LogP contribution in [0.15, 0.2) is 46.9 Å². The summed E-state index contributed by atoms with van der Waals surface area (Å²) in [6, 6.07) is 10.2. The highest BCUT2D eigenvalue weighted by Gasteiger charge is 2.29. The molecule has 0 N–H and O–H groups in total.